The zero-order valence-electron chi connectivity index (χ0n) is 11.6. The van der Waals surface area contributed by atoms with E-state index in [0.717, 1.165) is 19.3 Å². The molecule has 112 valence electrons. The summed E-state index contributed by atoms with van der Waals surface area (Å²) in [4.78, 5) is 3.85. The molecule has 7 heteroatoms. The second-order valence-electron chi connectivity index (χ2n) is 5.77. The number of halogens is 1. The van der Waals surface area contributed by atoms with E-state index in [2.05, 4.69) is 23.6 Å². The summed E-state index contributed by atoms with van der Waals surface area (Å²) in [6, 6.07) is 1.30. The predicted octanol–water partition coefficient (Wildman–Crippen LogP) is 2.42. The summed E-state index contributed by atoms with van der Waals surface area (Å²) in [7, 11) is -3.60. The van der Waals surface area contributed by atoms with Gasteiger partial charge >= 0.3 is 0 Å². The highest BCUT2D eigenvalue weighted by Crippen LogP contribution is 2.29. The van der Waals surface area contributed by atoms with Gasteiger partial charge in [0.15, 0.2) is 0 Å². The van der Waals surface area contributed by atoms with E-state index >= 15 is 0 Å². The van der Waals surface area contributed by atoms with E-state index in [1.165, 1.54) is 12.3 Å². The highest BCUT2D eigenvalue weighted by Gasteiger charge is 2.28. The minimum atomic E-state index is -3.60. The smallest absolute Gasteiger partial charge is 0.242 e. The molecule has 5 nitrogen and oxygen atoms in total. The maximum absolute atomic E-state index is 12.3. The van der Waals surface area contributed by atoms with Crippen LogP contribution in [0.3, 0.4) is 0 Å². The van der Waals surface area contributed by atoms with Crippen LogP contribution < -0.4 is 10.5 Å². The number of aromatic nitrogens is 1. The Hall–Kier alpha value is -0.850. The normalized spacial score (nSPS) is 27.4. The fourth-order valence-corrected chi connectivity index (χ4v) is 4.37. The van der Waals surface area contributed by atoms with Gasteiger partial charge in [0.25, 0.3) is 0 Å². The lowest BCUT2D eigenvalue weighted by Crippen LogP contribution is -2.40. The minimum Gasteiger partial charge on any atom is -0.382 e. The van der Waals surface area contributed by atoms with E-state index < -0.39 is 10.0 Å². The Labute approximate surface area is 125 Å². The lowest BCUT2D eigenvalue weighted by atomic mass is 9.81. The van der Waals surface area contributed by atoms with Gasteiger partial charge in [0.2, 0.25) is 10.0 Å². The second kappa shape index (κ2) is 5.87. The average molecular weight is 318 g/mol. The van der Waals surface area contributed by atoms with Crippen molar-refractivity contribution in [2.24, 2.45) is 11.8 Å². The van der Waals surface area contributed by atoms with Crippen LogP contribution in [0, 0.1) is 11.8 Å². The quantitative estimate of drug-likeness (QED) is 0.896. The Morgan fingerprint density at radius 3 is 2.45 bits per heavy atom. The van der Waals surface area contributed by atoms with Gasteiger partial charge in [-0.2, -0.15) is 0 Å². The molecule has 0 aromatic carbocycles. The fraction of sp³-hybridized carbons (Fsp3) is 0.615. The van der Waals surface area contributed by atoms with Crippen LogP contribution in [0.5, 0.6) is 0 Å². The molecule has 20 heavy (non-hydrogen) atoms. The molecule has 0 radical (unpaired) electrons. The van der Waals surface area contributed by atoms with Gasteiger partial charge in [0, 0.05) is 12.2 Å². The van der Waals surface area contributed by atoms with Crippen LogP contribution in [0.25, 0.3) is 0 Å². The molecule has 0 aliphatic heterocycles. The van der Waals surface area contributed by atoms with E-state index in [-0.39, 0.29) is 21.8 Å². The van der Waals surface area contributed by atoms with Crippen molar-refractivity contribution < 1.29 is 8.42 Å². The Bertz CT molecular complexity index is 581. The van der Waals surface area contributed by atoms with Crippen molar-refractivity contribution in [3.05, 3.63) is 17.3 Å². The summed E-state index contributed by atoms with van der Waals surface area (Å²) in [5.74, 6) is 1.18. The van der Waals surface area contributed by atoms with Crippen molar-refractivity contribution in [2.45, 2.75) is 44.0 Å². The Morgan fingerprint density at radius 2 is 1.90 bits per heavy atom. The summed E-state index contributed by atoms with van der Waals surface area (Å²) < 4.78 is 27.4. The molecule has 0 amide bonds. The number of pyridine rings is 1. The first kappa shape index (κ1) is 15.5. The molecule has 1 aliphatic rings. The third-order valence-electron chi connectivity index (χ3n) is 3.66. The maximum atomic E-state index is 12.3. The Balaban J connectivity index is 2.16. The van der Waals surface area contributed by atoms with Crippen molar-refractivity contribution in [1.82, 2.24) is 9.71 Å². The van der Waals surface area contributed by atoms with Gasteiger partial charge in [0.05, 0.1) is 5.02 Å². The molecule has 2 atom stereocenters. The summed E-state index contributed by atoms with van der Waals surface area (Å²) in [5.41, 5.74) is 5.49. The van der Waals surface area contributed by atoms with Gasteiger partial charge in [-0.15, -0.1) is 0 Å². The lowest BCUT2D eigenvalue weighted by Gasteiger charge is -2.31. The molecule has 1 heterocycles. The molecule has 0 saturated heterocycles. The number of hydrogen-bond donors (Lipinski definition) is 2. The molecule has 1 aliphatic carbocycles. The zero-order chi connectivity index (χ0) is 14.9. The van der Waals surface area contributed by atoms with Crippen LogP contribution >= 0.6 is 11.6 Å². The Morgan fingerprint density at radius 1 is 1.30 bits per heavy atom. The fourth-order valence-electron chi connectivity index (χ4n) is 2.91. The predicted molar refractivity (Wildman–Crippen MR) is 79.9 cm³/mol. The number of nitrogens with zero attached hydrogens (tertiary/aromatic N) is 1. The van der Waals surface area contributed by atoms with E-state index in [1.54, 1.807) is 0 Å². The van der Waals surface area contributed by atoms with Crippen molar-refractivity contribution >= 4 is 27.4 Å². The van der Waals surface area contributed by atoms with Crippen molar-refractivity contribution in [3.8, 4) is 0 Å². The van der Waals surface area contributed by atoms with Crippen LogP contribution in [0.15, 0.2) is 17.2 Å². The number of nitrogen functional groups attached to an aromatic ring is 1. The monoisotopic (exact) mass is 317 g/mol. The molecule has 1 saturated carbocycles. The van der Waals surface area contributed by atoms with Crippen LogP contribution in [-0.2, 0) is 10.0 Å². The molecule has 3 N–H and O–H groups in total. The average Bonchev–Trinajstić information content (AvgIpc) is 2.30. The molecule has 0 bridgehead atoms. The molecule has 1 fully saturated rings. The van der Waals surface area contributed by atoms with Crippen molar-refractivity contribution in [2.75, 3.05) is 5.73 Å². The summed E-state index contributed by atoms with van der Waals surface area (Å²) in [6.07, 6.45) is 4.10. The third-order valence-corrected chi connectivity index (χ3v) is 5.45. The largest absolute Gasteiger partial charge is 0.382 e. The molecule has 1 aromatic rings. The van der Waals surface area contributed by atoms with Gasteiger partial charge in [-0.05, 0) is 37.2 Å². The van der Waals surface area contributed by atoms with E-state index in [0.29, 0.717) is 11.8 Å². The summed E-state index contributed by atoms with van der Waals surface area (Å²) in [5, 5.41) is 0.151. The van der Waals surface area contributed by atoms with E-state index in [1.807, 2.05) is 0 Å². The number of rotatable bonds is 3. The summed E-state index contributed by atoms with van der Waals surface area (Å²) in [6.45, 7) is 4.30. The molecule has 2 unspecified atom stereocenters. The number of nitrogens with two attached hydrogens (primary N) is 1. The molecule has 1 aromatic heterocycles. The minimum absolute atomic E-state index is 0.0323. The topological polar surface area (TPSA) is 85.1 Å². The molecule has 2 rings (SSSR count). The third kappa shape index (κ3) is 3.62. The van der Waals surface area contributed by atoms with Gasteiger partial charge in [-0.25, -0.2) is 18.1 Å². The van der Waals surface area contributed by atoms with Gasteiger partial charge < -0.3 is 5.73 Å². The van der Waals surface area contributed by atoms with E-state index in [9.17, 15) is 8.42 Å². The number of nitrogens with one attached hydrogen (secondary N) is 1. The molecule has 0 spiro atoms. The lowest BCUT2D eigenvalue weighted by molar-refractivity contribution is 0.257. The van der Waals surface area contributed by atoms with E-state index in [4.69, 9.17) is 17.3 Å². The Kier molecular flexibility index (Phi) is 4.56. The van der Waals surface area contributed by atoms with Gasteiger partial charge in [0.1, 0.15) is 10.7 Å². The first-order valence-electron chi connectivity index (χ1n) is 6.71. The zero-order valence-corrected chi connectivity index (χ0v) is 13.2. The van der Waals surface area contributed by atoms with Crippen LogP contribution in [0.2, 0.25) is 5.02 Å². The number of sulfonamides is 1. The van der Waals surface area contributed by atoms with Crippen LogP contribution in [-0.4, -0.2) is 19.4 Å². The van der Waals surface area contributed by atoms with Gasteiger partial charge in [-0.1, -0.05) is 25.4 Å². The first-order chi connectivity index (χ1) is 9.28. The second-order valence-corrected chi connectivity index (χ2v) is 7.89. The SMILES string of the molecule is CC1CC(C)CC(NS(=O)(=O)c2cnc(N)c(Cl)c2)C1. The first-order valence-corrected chi connectivity index (χ1v) is 8.57. The van der Waals surface area contributed by atoms with Crippen molar-refractivity contribution in [3.63, 3.8) is 0 Å². The standard InChI is InChI=1S/C13H20ClN3O2S/c1-8-3-9(2)5-10(4-8)17-20(18,19)11-6-12(14)13(15)16-7-11/h6-10,17H,3-5H2,1-2H3,(H2,15,16). The van der Waals surface area contributed by atoms with Gasteiger partial charge in [-0.3, -0.25) is 0 Å². The van der Waals surface area contributed by atoms with Crippen LogP contribution in [0.1, 0.15) is 33.1 Å². The number of hydrogen-bond acceptors (Lipinski definition) is 4. The summed E-state index contributed by atoms with van der Waals surface area (Å²) >= 11 is 5.83. The highest BCUT2D eigenvalue weighted by atomic mass is 35.5. The highest BCUT2D eigenvalue weighted by molar-refractivity contribution is 7.89. The van der Waals surface area contributed by atoms with Crippen LogP contribution in [0.4, 0.5) is 5.82 Å². The maximum Gasteiger partial charge on any atom is 0.242 e. The molecular weight excluding hydrogens is 298 g/mol. The van der Waals surface area contributed by atoms with Crippen molar-refractivity contribution in [1.29, 1.82) is 0 Å². The number of anilines is 1. The molecular formula is C13H20ClN3O2S.